The van der Waals surface area contributed by atoms with Crippen LogP contribution >= 0.6 is 45.3 Å². The van der Waals surface area contributed by atoms with Crippen molar-refractivity contribution in [3.63, 3.8) is 0 Å². The minimum Gasteiger partial charge on any atom is -0.437 e. The van der Waals surface area contributed by atoms with E-state index >= 15 is 0 Å². The zero-order valence-electron chi connectivity index (χ0n) is 31.6. The molecule has 0 aliphatic carbocycles. The predicted molar refractivity (Wildman–Crippen MR) is 230 cm³/mol. The summed E-state index contributed by atoms with van der Waals surface area (Å²) in [7, 11) is 0. The fourth-order valence-electron chi connectivity index (χ4n) is 5.60. The minimum atomic E-state index is -4.49. The van der Waals surface area contributed by atoms with Crippen LogP contribution in [0.15, 0.2) is 97.6 Å². The second-order valence-corrected chi connectivity index (χ2v) is 16.0. The normalized spacial score (nSPS) is 11.5. The number of aromatic nitrogens is 6. The lowest BCUT2D eigenvalue weighted by atomic mass is 10.1. The number of amides is 2. The lowest BCUT2D eigenvalue weighted by Gasteiger charge is -2.11. The number of hydrogen-bond donors (Lipinski definition) is 3. The highest BCUT2D eigenvalue weighted by Crippen LogP contribution is 2.39. The van der Waals surface area contributed by atoms with Gasteiger partial charge in [-0.25, -0.2) is 29.9 Å². The van der Waals surface area contributed by atoms with E-state index in [9.17, 15) is 35.9 Å². The van der Waals surface area contributed by atoms with Crippen LogP contribution in [0, 0.1) is 3.57 Å². The zero-order chi connectivity index (χ0) is 44.3. The Labute approximate surface area is 367 Å². The third-order valence-corrected chi connectivity index (χ3v) is 11.0. The van der Waals surface area contributed by atoms with Gasteiger partial charge in [0, 0.05) is 46.4 Å². The molecule has 0 bridgehead atoms. The van der Waals surface area contributed by atoms with E-state index in [0.29, 0.717) is 58.9 Å². The van der Waals surface area contributed by atoms with Crippen LogP contribution in [-0.2, 0) is 21.9 Å². The van der Waals surface area contributed by atoms with Crippen LogP contribution in [0.5, 0.6) is 23.3 Å². The fourth-order valence-corrected chi connectivity index (χ4v) is 8.25. The molecule has 0 aliphatic heterocycles. The van der Waals surface area contributed by atoms with Crippen LogP contribution in [0.2, 0.25) is 0 Å². The molecule has 316 valence electrons. The van der Waals surface area contributed by atoms with Crippen LogP contribution in [0.3, 0.4) is 0 Å². The molecule has 4 heterocycles. The Bertz CT molecular complexity index is 2780. The molecule has 8 rings (SSSR count). The maximum Gasteiger partial charge on any atom is 0.416 e. The Kier molecular flexibility index (Phi) is 12.5. The van der Waals surface area contributed by atoms with Crippen LogP contribution in [-0.4, -0.2) is 41.7 Å². The summed E-state index contributed by atoms with van der Waals surface area (Å²) in [5.41, 5.74) is 6.85. The van der Waals surface area contributed by atoms with Gasteiger partial charge in [-0.2, -0.15) is 26.3 Å². The number of nitrogens with zero attached hydrogens (tertiary/aromatic N) is 6. The summed E-state index contributed by atoms with van der Waals surface area (Å²) < 4.78 is 91.2. The van der Waals surface area contributed by atoms with Crippen molar-refractivity contribution in [2.75, 3.05) is 16.4 Å². The van der Waals surface area contributed by atoms with Gasteiger partial charge in [0.05, 0.1) is 31.9 Å². The van der Waals surface area contributed by atoms with Gasteiger partial charge in [0.25, 0.3) is 0 Å². The number of thiazole rings is 2. The van der Waals surface area contributed by atoms with Gasteiger partial charge < -0.3 is 25.8 Å². The predicted octanol–water partition coefficient (Wildman–Crippen LogP) is 11.2. The molecule has 0 unspecified atom stereocenters. The van der Waals surface area contributed by atoms with Gasteiger partial charge in [0.1, 0.15) is 23.7 Å². The van der Waals surface area contributed by atoms with Crippen molar-refractivity contribution in [2.45, 2.75) is 26.2 Å². The molecule has 0 saturated heterocycles. The number of nitrogens with one attached hydrogen (secondary N) is 2. The van der Waals surface area contributed by atoms with E-state index in [1.807, 2.05) is 34.7 Å². The summed E-state index contributed by atoms with van der Waals surface area (Å²) in [4.78, 5) is 47.7. The Hall–Kier alpha value is -6.53. The third-order valence-electron chi connectivity index (χ3n) is 8.27. The van der Waals surface area contributed by atoms with E-state index in [4.69, 9.17) is 15.2 Å². The molecule has 0 spiro atoms. The van der Waals surface area contributed by atoms with Crippen LogP contribution < -0.4 is 25.8 Å². The first kappa shape index (κ1) is 43.6. The van der Waals surface area contributed by atoms with Crippen molar-refractivity contribution in [1.82, 2.24) is 29.9 Å². The highest BCUT2D eigenvalue weighted by atomic mass is 127. The third kappa shape index (κ3) is 10.3. The molecule has 62 heavy (non-hydrogen) atoms. The average Bonchev–Trinajstić information content (AvgIpc) is 3.81. The van der Waals surface area contributed by atoms with Gasteiger partial charge in [-0.05, 0) is 71.1 Å². The van der Waals surface area contributed by atoms with Crippen LogP contribution in [0.4, 0.5) is 42.3 Å². The molecule has 0 aliphatic rings. The Morgan fingerprint density at radius 3 is 1.52 bits per heavy atom. The molecule has 2 amide bonds. The summed E-state index contributed by atoms with van der Waals surface area (Å²) in [6, 6.07) is 20.2. The molecule has 0 atom stereocenters. The van der Waals surface area contributed by atoms with E-state index in [1.165, 1.54) is 67.4 Å². The number of para-hydroxylation sites is 2. The number of rotatable bonds is 8. The second-order valence-electron chi connectivity index (χ2n) is 12.8. The Morgan fingerprint density at radius 2 is 1.08 bits per heavy atom. The molecule has 0 radical (unpaired) electrons. The molecular weight excluding hydrogens is 976 g/mol. The van der Waals surface area contributed by atoms with Crippen LogP contribution in [0.25, 0.3) is 42.9 Å². The number of ether oxygens (including phenoxy) is 2. The molecule has 8 aromatic rings. The average molecular weight is 1000 g/mol. The Balaban J connectivity index is 0.000000186. The summed E-state index contributed by atoms with van der Waals surface area (Å²) in [6.07, 6.45) is -6.40. The van der Waals surface area contributed by atoms with Crippen molar-refractivity contribution in [2.24, 2.45) is 0 Å². The number of carbonyl (C=O) groups is 2. The first-order valence-corrected chi connectivity index (χ1v) is 20.3. The minimum absolute atomic E-state index is 0.0685. The topological polar surface area (TPSA) is 180 Å². The van der Waals surface area contributed by atoms with Gasteiger partial charge in [0.15, 0.2) is 21.8 Å². The molecule has 22 heteroatoms. The maximum absolute atomic E-state index is 12.9. The van der Waals surface area contributed by atoms with Crippen molar-refractivity contribution in [1.29, 1.82) is 0 Å². The number of nitrogens with two attached hydrogens (primary N) is 1. The lowest BCUT2D eigenvalue weighted by Crippen LogP contribution is -2.06. The molecule has 4 aromatic heterocycles. The van der Waals surface area contributed by atoms with Gasteiger partial charge in [0.2, 0.25) is 23.6 Å². The fraction of sp³-hybridized carbons (Fsp3) is 0.100. The van der Waals surface area contributed by atoms with Crippen molar-refractivity contribution in [3.05, 3.63) is 112 Å². The first-order valence-electron chi connectivity index (χ1n) is 17.6. The highest BCUT2D eigenvalue weighted by molar-refractivity contribution is 14.1. The number of anilines is 3. The molecule has 0 fully saturated rings. The standard InChI is InChI=1S/C20H12F3IN4O2S.C20H14F3N5O2S/c2*1-10(29)27-19-28-18-15(3-2-4-16(18)31-19)30-17-8-14(25-9-26-17)12-6-5-11(7-13(12)24)20(21,22)23/h2-9H,1H3,(H,27,28,29);2-9H,24H2,1H3,(H,27,28,29). The number of carbonyl (C=O) groups excluding carboxylic acids is 2. The van der Waals surface area contributed by atoms with E-state index < -0.39 is 23.5 Å². The number of alkyl halides is 6. The summed E-state index contributed by atoms with van der Waals surface area (Å²) in [6.45, 7) is 2.79. The number of hydrogen-bond acceptors (Lipinski definition) is 13. The van der Waals surface area contributed by atoms with Gasteiger partial charge in [-0.3, -0.25) is 9.59 Å². The van der Waals surface area contributed by atoms with E-state index in [0.717, 1.165) is 33.7 Å². The molecule has 4 N–H and O–H groups in total. The van der Waals surface area contributed by atoms with Gasteiger partial charge in [-0.15, -0.1) is 0 Å². The van der Waals surface area contributed by atoms with E-state index in [1.54, 1.807) is 30.3 Å². The maximum atomic E-state index is 12.9. The summed E-state index contributed by atoms with van der Waals surface area (Å²) in [5, 5.41) is 6.15. The van der Waals surface area contributed by atoms with Crippen molar-refractivity contribution in [3.8, 4) is 45.8 Å². The smallest absolute Gasteiger partial charge is 0.416 e. The molecule has 13 nitrogen and oxygen atoms in total. The lowest BCUT2D eigenvalue weighted by molar-refractivity contribution is -0.138. The quantitative estimate of drug-likeness (QED) is 0.0749. The number of nitrogen functional groups attached to an aromatic ring is 1. The molecule has 4 aromatic carbocycles. The largest absolute Gasteiger partial charge is 0.437 e. The van der Waals surface area contributed by atoms with Crippen molar-refractivity contribution >= 4 is 93.5 Å². The number of benzene rings is 4. The van der Waals surface area contributed by atoms with E-state index in [-0.39, 0.29) is 29.3 Å². The van der Waals surface area contributed by atoms with Crippen molar-refractivity contribution < 1.29 is 45.4 Å². The summed E-state index contributed by atoms with van der Waals surface area (Å²) >= 11 is 4.44. The van der Waals surface area contributed by atoms with Gasteiger partial charge >= 0.3 is 12.4 Å². The Morgan fingerprint density at radius 1 is 0.629 bits per heavy atom. The molecule has 0 saturated carbocycles. The number of halogens is 7. The van der Waals surface area contributed by atoms with Gasteiger partial charge in [-0.1, -0.05) is 46.9 Å². The monoisotopic (exact) mass is 1000 g/mol. The summed E-state index contributed by atoms with van der Waals surface area (Å²) in [5.74, 6) is 0.727. The number of fused-ring (bicyclic) bond motifs is 2. The van der Waals surface area contributed by atoms with E-state index in [2.05, 4.69) is 40.5 Å². The first-order chi connectivity index (χ1) is 29.4. The SMILES string of the molecule is CC(=O)Nc1nc2c(Oc3cc(-c4ccc(C(F)(F)F)cc4I)ncn3)cccc2s1.CC(=O)Nc1nc2c(Oc3cc(-c4ccc(C(F)(F)F)cc4N)ncn3)cccc2s1. The second kappa shape index (κ2) is 17.8. The highest BCUT2D eigenvalue weighted by Gasteiger charge is 2.32. The van der Waals surface area contributed by atoms with Crippen LogP contribution in [0.1, 0.15) is 25.0 Å². The molecular formula is C40H26F6IN9O4S2. The zero-order valence-corrected chi connectivity index (χ0v) is 35.4.